The summed E-state index contributed by atoms with van der Waals surface area (Å²) in [5, 5.41) is 0.314. The number of oxazole rings is 1. The number of benzene rings is 2. The van der Waals surface area contributed by atoms with Crippen LogP contribution in [0.25, 0.3) is 11.1 Å². The second-order valence-corrected chi connectivity index (χ2v) is 4.79. The van der Waals surface area contributed by atoms with E-state index in [0.717, 1.165) is 11.8 Å². The van der Waals surface area contributed by atoms with Crippen molar-refractivity contribution >= 4 is 29.1 Å². The summed E-state index contributed by atoms with van der Waals surface area (Å²) in [6.45, 7) is 0. The Bertz CT molecular complexity index is 721. The lowest BCUT2D eigenvalue weighted by atomic mass is 10.2. The van der Waals surface area contributed by atoms with Crippen molar-refractivity contribution in [1.82, 2.24) is 4.98 Å². The van der Waals surface area contributed by atoms with E-state index in [2.05, 4.69) is 4.98 Å². The van der Waals surface area contributed by atoms with Crippen molar-refractivity contribution in [3.63, 3.8) is 0 Å². The number of aldehydes is 1. The van der Waals surface area contributed by atoms with Crippen LogP contribution in [-0.4, -0.2) is 11.3 Å². The minimum absolute atomic E-state index is 0.226. The fourth-order valence-corrected chi connectivity index (χ4v) is 2.56. The zero-order valence-corrected chi connectivity index (χ0v) is 10.5. The predicted octanol–water partition coefficient (Wildman–Crippen LogP) is 3.93. The van der Waals surface area contributed by atoms with Crippen LogP contribution in [0.3, 0.4) is 0 Å². The normalized spacial score (nSPS) is 10.8. The summed E-state index contributed by atoms with van der Waals surface area (Å²) < 4.78 is 19.2. The maximum absolute atomic E-state index is 13.7. The quantitative estimate of drug-likeness (QED) is 0.678. The van der Waals surface area contributed by atoms with Gasteiger partial charge >= 0.3 is 0 Å². The number of fused-ring (bicyclic) bond motifs is 1. The molecule has 0 amide bonds. The SMILES string of the molecule is O=Cc1cccc(F)c1Sc1nc2ccccc2o1. The highest BCUT2D eigenvalue weighted by molar-refractivity contribution is 7.99. The van der Waals surface area contributed by atoms with Crippen molar-refractivity contribution in [2.45, 2.75) is 10.1 Å². The molecule has 0 aliphatic rings. The highest BCUT2D eigenvalue weighted by Gasteiger charge is 2.13. The number of carbonyl (C=O) groups excluding carboxylic acids is 1. The molecule has 0 saturated carbocycles. The molecule has 3 rings (SSSR count). The second-order valence-electron chi connectivity index (χ2n) is 3.83. The summed E-state index contributed by atoms with van der Waals surface area (Å²) in [4.78, 5) is 15.4. The summed E-state index contributed by atoms with van der Waals surface area (Å²) in [6.07, 6.45) is 0.619. The number of carbonyl (C=O) groups is 1. The van der Waals surface area contributed by atoms with Crippen LogP contribution in [0.15, 0.2) is 57.0 Å². The van der Waals surface area contributed by atoms with Crippen molar-refractivity contribution < 1.29 is 13.6 Å². The molecule has 0 spiro atoms. The van der Waals surface area contributed by atoms with Crippen LogP contribution >= 0.6 is 11.8 Å². The van der Waals surface area contributed by atoms with E-state index in [0.29, 0.717) is 22.6 Å². The summed E-state index contributed by atoms with van der Waals surface area (Å²) in [5.41, 5.74) is 1.62. The topological polar surface area (TPSA) is 43.1 Å². The van der Waals surface area contributed by atoms with Gasteiger partial charge in [-0.3, -0.25) is 4.79 Å². The predicted molar refractivity (Wildman–Crippen MR) is 69.9 cm³/mol. The van der Waals surface area contributed by atoms with Gasteiger partial charge in [-0.2, -0.15) is 0 Å². The van der Waals surface area contributed by atoms with Crippen LogP contribution in [0.2, 0.25) is 0 Å². The van der Waals surface area contributed by atoms with Gasteiger partial charge in [-0.05, 0) is 30.0 Å². The molecule has 1 heterocycles. The zero-order valence-electron chi connectivity index (χ0n) is 9.67. The molecule has 0 unspecified atom stereocenters. The van der Waals surface area contributed by atoms with E-state index >= 15 is 0 Å². The molecule has 0 fully saturated rings. The van der Waals surface area contributed by atoms with Crippen LogP contribution in [0.4, 0.5) is 4.39 Å². The maximum Gasteiger partial charge on any atom is 0.261 e. The van der Waals surface area contributed by atoms with Crippen LogP contribution < -0.4 is 0 Å². The maximum atomic E-state index is 13.7. The molecule has 0 N–H and O–H groups in total. The first-order valence-electron chi connectivity index (χ1n) is 5.55. The molecular weight excluding hydrogens is 265 g/mol. The van der Waals surface area contributed by atoms with Gasteiger partial charge in [0.15, 0.2) is 11.9 Å². The molecule has 0 atom stereocenters. The number of rotatable bonds is 3. The largest absolute Gasteiger partial charge is 0.431 e. The van der Waals surface area contributed by atoms with Crippen molar-refractivity contribution in [2.75, 3.05) is 0 Å². The number of halogens is 1. The molecule has 1 aromatic heterocycles. The Balaban J connectivity index is 2.03. The van der Waals surface area contributed by atoms with Gasteiger partial charge in [0.05, 0.1) is 4.90 Å². The third kappa shape index (κ3) is 2.24. The first-order valence-corrected chi connectivity index (χ1v) is 6.36. The Morgan fingerprint density at radius 2 is 2.00 bits per heavy atom. The lowest BCUT2D eigenvalue weighted by Gasteiger charge is -2.02. The molecule has 94 valence electrons. The molecule has 3 aromatic rings. The van der Waals surface area contributed by atoms with E-state index in [1.165, 1.54) is 12.1 Å². The smallest absolute Gasteiger partial charge is 0.261 e. The molecule has 0 radical (unpaired) electrons. The molecule has 2 aromatic carbocycles. The average molecular weight is 273 g/mol. The highest BCUT2D eigenvalue weighted by atomic mass is 32.2. The Morgan fingerprint density at radius 1 is 1.16 bits per heavy atom. The zero-order chi connectivity index (χ0) is 13.2. The first kappa shape index (κ1) is 11.9. The summed E-state index contributed by atoms with van der Waals surface area (Å²) >= 11 is 1.01. The summed E-state index contributed by atoms with van der Waals surface area (Å²) in [6, 6.07) is 11.6. The molecule has 3 nitrogen and oxygen atoms in total. The minimum atomic E-state index is -0.461. The lowest BCUT2D eigenvalue weighted by Crippen LogP contribution is -1.89. The first-order chi connectivity index (χ1) is 9.28. The third-order valence-electron chi connectivity index (χ3n) is 2.59. The Labute approximate surface area is 112 Å². The number of para-hydroxylation sites is 2. The van der Waals surface area contributed by atoms with E-state index < -0.39 is 5.82 Å². The molecule has 5 heteroatoms. The third-order valence-corrected chi connectivity index (χ3v) is 3.57. The summed E-state index contributed by atoms with van der Waals surface area (Å²) in [5.74, 6) is -0.461. The molecule has 0 saturated heterocycles. The van der Waals surface area contributed by atoms with Gasteiger partial charge in [0.2, 0.25) is 0 Å². The number of nitrogens with zero attached hydrogens (tertiary/aromatic N) is 1. The average Bonchev–Trinajstić information content (AvgIpc) is 2.83. The van der Waals surface area contributed by atoms with Crippen molar-refractivity contribution in [3.05, 3.63) is 53.8 Å². The lowest BCUT2D eigenvalue weighted by molar-refractivity contribution is 0.112. The van der Waals surface area contributed by atoms with Crippen LogP contribution in [0.5, 0.6) is 0 Å². The van der Waals surface area contributed by atoms with E-state index in [4.69, 9.17) is 4.42 Å². The fourth-order valence-electron chi connectivity index (χ4n) is 1.71. The highest BCUT2D eigenvalue weighted by Crippen LogP contribution is 2.33. The van der Waals surface area contributed by atoms with Gasteiger partial charge < -0.3 is 4.42 Å². The molecule has 0 aliphatic heterocycles. The summed E-state index contributed by atoms with van der Waals surface area (Å²) in [7, 11) is 0. The Kier molecular flexibility index (Phi) is 3.05. The van der Waals surface area contributed by atoms with Crippen LogP contribution in [0, 0.1) is 5.82 Å². The Morgan fingerprint density at radius 3 is 2.79 bits per heavy atom. The number of hydrogen-bond donors (Lipinski definition) is 0. The van der Waals surface area contributed by atoms with Crippen molar-refractivity contribution in [3.8, 4) is 0 Å². The van der Waals surface area contributed by atoms with Crippen molar-refractivity contribution in [1.29, 1.82) is 0 Å². The van der Waals surface area contributed by atoms with Crippen LogP contribution in [0.1, 0.15) is 10.4 Å². The molecule has 19 heavy (non-hydrogen) atoms. The van der Waals surface area contributed by atoms with E-state index in [-0.39, 0.29) is 10.5 Å². The second kappa shape index (κ2) is 4.85. The number of hydrogen-bond acceptors (Lipinski definition) is 4. The fraction of sp³-hybridized carbons (Fsp3) is 0. The minimum Gasteiger partial charge on any atom is -0.431 e. The van der Waals surface area contributed by atoms with E-state index in [9.17, 15) is 9.18 Å². The Hall–Kier alpha value is -2.14. The standard InChI is InChI=1S/C14H8FNO2S/c15-10-5-3-4-9(8-17)13(10)19-14-16-11-6-1-2-7-12(11)18-14/h1-8H. The molecule has 0 bridgehead atoms. The van der Waals surface area contributed by atoms with Crippen molar-refractivity contribution in [2.24, 2.45) is 0 Å². The van der Waals surface area contributed by atoms with Gasteiger partial charge in [-0.1, -0.05) is 24.3 Å². The molecular formula is C14H8FNO2S. The van der Waals surface area contributed by atoms with E-state index in [1.807, 2.05) is 18.2 Å². The van der Waals surface area contributed by atoms with Gasteiger partial charge in [0.25, 0.3) is 5.22 Å². The van der Waals surface area contributed by atoms with E-state index in [1.54, 1.807) is 12.1 Å². The number of aromatic nitrogens is 1. The van der Waals surface area contributed by atoms with Gasteiger partial charge in [-0.25, -0.2) is 9.37 Å². The monoisotopic (exact) mass is 273 g/mol. The van der Waals surface area contributed by atoms with Crippen LogP contribution in [-0.2, 0) is 0 Å². The molecule has 0 aliphatic carbocycles. The van der Waals surface area contributed by atoms with Gasteiger partial charge in [0.1, 0.15) is 11.3 Å². The van der Waals surface area contributed by atoms with Gasteiger partial charge in [0, 0.05) is 5.56 Å². The van der Waals surface area contributed by atoms with Gasteiger partial charge in [-0.15, -0.1) is 0 Å².